The average molecular weight is 288 g/mol. The van der Waals surface area contributed by atoms with Gasteiger partial charge in [-0.05, 0) is 49.4 Å². The van der Waals surface area contributed by atoms with E-state index in [1.54, 1.807) is 0 Å². The SMILES string of the molecule is BrCC#Cc1ccc2[nH]c3c(c2c1)CCCC3. The molecule has 0 aliphatic heterocycles. The van der Waals surface area contributed by atoms with Gasteiger partial charge in [-0.25, -0.2) is 0 Å². The van der Waals surface area contributed by atoms with E-state index in [2.05, 4.69) is 51.0 Å². The van der Waals surface area contributed by atoms with Gasteiger partial charge in [0, 0.05) is 22.2 Å². The zero-order valence-corrected chi connectivity index (χ0v) is 11.2. The standard InChI is InChI=1S/C15H14BrN/c16-9-3-4-11-7-8-15-13(10-11)12-5-1-2-6-14(12)17-15/h7-8,10,17H,1-2,5-6,9H2. The average Bonchev–Trinajstić information content (AvgIpc) is 2.74. The second-order valence-corrected chi connectivity index (χ2v) is 5.05. The smallest absolute Gasteiger partial charge is 0.0649 e. The van der Waals surface area contributed by atoms with Crippen LogP contribution in [0.15, 0.2) is 18.2 Å². The molecular formula is C15H14BrN. The minimum Gasteiger partial charge on any atom is -0.358 e. The number of rotatable bonds is 0. The van der Waals surface area contributed by atoms with Crippen LogP contribution in [0.4, 0.5) is 0 Å². The second kappa shape index (κ2) is 4.58. The van der Waals surface area contributed by atoms with Crippen LogP contribution in [0.1, 0.15) is 29.7 Å². The molecule has 1 aliphatic carbocycles. The third kappa shape index (κ3) is 2.00. The molecule has 2 heteroatoms. The predicted molar refractivity (Wildman–Crippen MR) is 75.6 cm³/mol. The maximum Gasteiger partial charge on any atom is 0.0649 e. The van der Waals surface area contributed by atoms with Gasteiger partial charge in [-0.1, -0.05) is 27.8 Å². The largest absolute Gasteiger partial charge is 0.358 e. The number of hydrogen-bond donors (Lipinski definition) is 1. The van der Waals surface area contributed by atoms with E-state index >= 15 is 0 Å². The first-order valence-corrected chi connectivity index (χ1v) is 7.19. The number of hydrogen-bond acceptors (Lipinski definition) is 0. The van der Waals surface area contributed by atoms with Gasteiger partial charge in [0.05, 0.1) is 5.33 Å². The molecule has 0 bridgehead atoms. The summed E-state index contributed by atoms with van der Waals surface area (Å²) in [5, 5.41) is 2.11. The molecule has 1 heterocycles. The van der Waals surface area contributed by atoms with E-state index in [9.17, 15) is 0 Å². The van der Waals surface area contributed by atoms with Gasteiger partial charge in [-0.15, -0.1) is 0 Å². The van der Waals surface area contributed by atoms with Crippen molar-refractivity contribution >= 4 is 26.8 Å². The molecule has 0 saturated carbocycles. The van der Waals surface area contributed by atoms with Gasteiger partial charge >= 0.3 is 0 Å². The molecule has 1 aliphatic rings. The molecule has 17 heavy (non-hydrogen) atoms. The number of nitrogens with one attached hydrogen (secondary N) is 1. The lowest BCUT2D eigenvalue weighted by atomic mass is 9.95. The first-order chi connectivity index (χ1) is 8.38. The molecule has 3 rings (SSSR count). The highest BCUT2D eigenvalue weighted by Crippen LogP contribution is 2.29. The van der Waals surface area contributed by atoms with Crippen molar-refractivity contribution in [2.45, 2.75) is 25.7 Å². The van der Waals surface area contributed by atoms with E-state index in [0.29, 0.717) is 0 Å². The van der Waals surface area contributed by atoms with E-state index in [-0.39, 0.29) is 0 Å². The molecule has 0 unspecified atom stereocenters. The highest BCUT2D eigenvalue weighted by molar-refractivity contribution is 9.09. The first kappa shape index (κ1) is 10.9. The summed E-state index contributed by atoms with van der Waals surface area (Å²) in [6, 6.07) is 6.48. The van der Waals surface area contributed by atoms with Crippen molar-refractivity contribution in [1.82, 2.24) is 4.98 Å². The minimum atomic E-state index is 0.732. The summed E-state index contributed by atoms with van der Waals surface area (Å²) in [5.41, 5.74) is 5.34. The van der Waals surface area contributed by atoms with Gasteiger partial charge in [-0.3, -0.25) is 0 Å². The van der Waals surface area contributed by atoms with Gasteiger partial charge in [0.25, 0.3) is 0 Å². The van der Waals surface area contributed by atoms with Gasteiger partial charge < -0.3 is 4.98 Å². The van der Waals surface area contributed by atoms with Gasteiger partial charge in [0.2, 0.25) is 0 Å². The fraction of sp³-hybridized carbons (Fsp3) is 0.333. The summed E-state index contributed by atoms with van der Waals surface area (Å²) in [5.74, 6) is 6.23. The molecule has 0 radical (unpaired) electrons. The van der Waals surface area contributed by atoms with Crippen molar-refractivity contribution in [1.29, 1.82) is 0 Å². The van der Waals surface area contributed by atoms with E-state index in [4.69, 9.17) is 0 Å². The Hall–Kier alpha value is -1.20. The summed E-state index contributed by atoms with van der Waals surface area (Å²) in [6.45, 7) is 0. The Kier molecular flexibility index (Phi) is 2.94. The van der Waals surface area contributed by atoms with Crippen LogP contribution in [0.25, 0.3) is 10.9 Å². The highest BCUT2D eigenvalue weighted by Gasteiger charge is 2.14. The molecule has 1 N–H and O–H groups in total. The maximum atomic E-state index is 3.54. The monoisotopic (exact) mass is 287 g/mol. The van der Waals surface area contributed by atoms with Crippen molar-refractivity contribution in [3.05, 3.63) is 35.0 Å². The Bertz CT molecular complexity index is 613. The number of alkyl halides is 1. The molecule has 86 valence electrons. The molecule has 0 spiro atoms. The van der Waals surface area contributed by atoms with Crippen LogP contribution < -0.4 is 0 Å². The first-order valence-electron chi connectivity index (χ1n) is 6.07. The maximum absolute atomic E-state index is 3.54. The van der Waals surface area contributed by atoms with E-state index in [1.165, 1.54) is 47.8 Å². The summed E-state index contributed by atoms with van der Waals surface area (Å²) in [4.78, 5) is 3.54. The van der Waals surface area contributed by atoms with Crippen LogP contribution in [0.2, 0.25) is 0 Å². The zero-order chi connectivity index (χ0) is 11.7. The third-order valence-corrected chi connectivity index (χ3v) is 3.68. The fourth-order valence-electron chi connectivity index (χ4n) is 2.62. The Morgan fingerprint density at radius 1 is 1.24 bits per heavy atom. The van der Waals surface area contributed by atoms with Gasteiger partial charge in [0.15, 0.2) is 0 Å². The van der Waals surface area contributed by atoms with Crippen molar-refractivity contribution in [3.8, 4) is 11.8 Å². The van der Waals surface area contributed by atoms with E-state index < -0.39 is 0 Å². The number of aromatic nitrogens is 1. The van der Waals surface area contributed by atoms with E-state index in [0.717, 1.165) is 10.9 Å². The summed E-state index contributed by atoms with van der Waals surface area (Å²) >= 11 is 3.33. The number of H-pyrrole nitrogens is 1. The molecule has 2 aromatic rings. The number of benzene rings is 1. The van der Waals surface area contributed by atoms with E-state index in [1.807, 2.05) is 0 Å². The van der Waals surface area contributed by atoms with Crippen molar-refractivity contribution in [3.63, 3.8) is 0 Å². The topological polar surface area (TPSA) is 15.8 Å². The number of halogens is 1. The van der Waals surface area contributed by atoms with Crippen LogP contribution in [0.3, 0.4) is 0 Å². The Morgan fingerprint density at radius 2 is 2.12 bits per heavy atom. The quantitative estimate of drug-likeness (QED) is 0.560. The highest BCUT2D eigenvalue weighted by atomic mass is 79.9. The van der Waals surface area contributed by atoms with Crippen molar-refractivity contribution in [2.75, 3.05) is 5.33 Å². The molecule has 0 saturated heterocycles. The second-order valence-electron chi connectivity index (χ2n) is 4.48. The van der Waals surface area contributed by atoms with Crippen LogP contribution in [-0.2, 0) is 12.8 Å². The van der Waals surface area contributed by atoms with Gasteiger partial charge in [-0.2, -0.15) is 0 Å². The van der Waals surface area contributed by atoms with Crippen molar-refractivity contribution < 1.29 is 0 Å². The predicted octanol–water partition coefficient (Wildman–Crippen LogP) is 3.79. The Morgan fingerprint density at radius 3 is 3.00 bits per heavy atom. The minimum absolute atomic E-state index is 0.732. The molecule has 1 nitrogen and oxygen atoms in total. The molecular weight excluding hydrogens is 274 g/mol. The number of aryl methyl sites for hydroxylation is 2. The zero-order valence-electron chi connectivity index (χ0n) is 9.65. The lowest BCUT2D eigenvalue weighted by molar-refractivity contribution is 0.680. The van der Waals surface area contributed by atoms with Crippen molar-refractivity contribution in [2.24, 2.45) is 0 Å². The molecule has 0 amide bonds. The molecule has 0 atom stereocenters. The van der Waals surface area contributed by atoms with Crippen LogP contribution in [0, 0.1) is 11.8 Å². The van der Waals surface area contributed by atoms with Crippen LogP contribution in [0.5, 0.6) is 0 Å². The number of aromatic amines is 1. The lowest BCUT2D eigenvalue weighted by Crippen LogP contribution is -1.99. The summed E-state index contributed by atoms with van der Waals surface area (Å²) in [6.07, 6.45) is 5.05. The van der Waals surface area contributed by atoms with Crippen LogP contribution in [-0.4, -0.2) is 10.3 Å². The normalized spacial score (nSPS) is 14.2. The van der Waals surface area contributed by atoms with Gasteiger partial charge in [0.1, 0.15) is 0 Å². The summed E-state index contributed by atoms with van der Waals surface area (Å²) in [7, 11) is 0. The van der Waals surface area contributed by atoms with Crippen LogP contribution >= 0.6 is 15.9 Å². The molecule has 1 aromatic carbocycles. The number of fused-ring (bicyclic) bond motifs is 3. The Balaban J connectivity index is 2.14. The molecule has 1 aromatic heterocycles. The lowest BCUT2D eigenvalue weighted by Gasteiger charge is -2.10. The fourth-order valence-corrected chi connectivity index (χ4v) is 2.76. The Labute approximate surface area is 110 Å². The summed E-state index contributed by atoms with van der Waals surface area (Å²) < 4.78 is 0. The molecule has 0 fully saturated rings. The third-order valence-electron chi connectivity index (χ3n) is 3.40.